The Bertz CT molecular complexity index is 331. The molecule has 0 bridgehead atoms. The second-order valence-electron chi connectivity index (χ2n) is 2.97. The molecule has 15 heavy (non-hydrogen) atoms. The Kier molecular flexibility index (Phi) is 5.07. The van der Waals surface area contributed by atoms with E-state index in [9.17, 15) is 4.79 Å². The number of hydrogen-bond acceptors (Lipinski definition) is 4. The van der Waals surface area contributed by atoms with Gasteiger partial charge in [0, 0.05) is 31.8 Å². The van der Waals surface area contributed by atoms with E-state index in [0.29, 0.717) is 24.8 Å². The second kappa shape index (κ2) is 6.37. The van der Waals surface area contributed by atoms with Crippen molar-refractivity contribution in [1.29, 1.82) is 0 Å². The number of carbonyl (C=O) groups excluding carboxylic acids is 1. The normalized spacial score (nSPS) is 10.0. The minimum atomic E-state index is -0.267. The third-order valence-corrected chi connectivity index (χ3v) is 2.08. The van der Waals surface area contributed by atoms with Crippen molar-refractivity contribution in [3.8, 4) is 0 Å². The van der Waals surface area contributed by atoms with E-state index >= 15 is 0 Å². The van der Waals surface area contributed by atoms with Crippen LogP contribution in [0.25, 0.3) is 0 Å². The summed E-state index contributed by atoms with van der Waals surface area (Å²) >= 11 is 5.85. The fourth-order valence-corrected chi connectivity index (χ4v) is 1.23. The molecule has 0 saturated heterocycles. The molecule has 1 heterocycles. The Morgan fingerprint density at radius 1 is 1.67 bits per heavy atom. The molecule has 1 rings (SSSR count). The molecule has 0 unspecified atom stereocenters. The van der Waals surface area contributed by atoms with Crippen molar-refractivity contribution in [3.05, 3.63) is 29.0 Å². The number of esters is 1. The van der Waals surface area contributed by atoms with Gasteiger partial charge in [0.05, 0.1) is 0 Å². The Labute approximate surface area is 93.6 Å². The Morgan fingerprint density at radius 3 is 3.13 bits per heavy atom. The molecule has 0 amide bonds. The highest BCUT2D eigenvalue weighted by Gasteiger charge is 1.99. The van der Waals surface area contributed by atoms with Gasteiger partial charge in [-0.25, -0.2) is 4.98 Å². The highest BCUT2D eigenvalue weighted by molar-refractivity contribution is 6.30. The van der Waals surface area contributed by atoms with Crippen LogP contribution in [0.3, 0.4) is 0 Å². The monoisotopic (exact) mass is 228 g/mol. The maximum absolute atomic E-state index is 10.4. The van der Waals surface area contributed by atoms with E-state index < -0.39 is 0 Å². The predicted molar refractivity (Wildman–Crippen MR) is 57.6 cm³/mol. The quantitative estimate of drug-likeness (QED) is 0.470. The molecule has 0 saturated carbocycles. The molecule has 0 aliphatic rings. The van der Waals surface area contributed by atoms with Crippen molar-refractivity contribution in [2.45, 2.75) is 13.5 Å². The maximum Gasteiger partial charge on any atom is 0.302 e. The number of hydrogen-bond donors (Lipinski definition) is 1. The summed E-state index contributed by atoms with van der Waals surface area (Å²) in [5, 5.41) is 3.59. The van der Waals surface area contributed by atoms with Crippen LogP contribution in [-0.4, -0.2) is 24.1 Å². The molecule has 82 valence electrons. The van der Waals surface area contributed by atoms with Gasteiger partial charge in [0.2, 0.25) is 0 Å². The molecule has 1 aromatic heterocycles. The van der Waals surface area contributed by atoms with E-state index in [-0.39, 0.29) is 5.97 Å². The van der Waals surface area contributed by atoms with Crippen LogP contribution in [-0.2, 0) is 16.1 Å². The van der Waals surface area contributed by atoms with Gasteiger partial charge in [-0.1, -0.05) is 17.7 Å². The largest absolute Gasteiger partial charge is 0.465 e. The molecule has 0 aliphatic carbocycles. The van der Waals surface area contributed by atoms with E-state index in [1.165, 1.54) is 6.92 Å². The zero-order chi connectivity index (χ0) is 11.1. The van der Waals surface area contributed by atoms with E-state index in [2.05, 4.69) is 10.3 Å². The Balaban J connectivity index is 2.21. The SMILES string of the molecule is CC(=O)OCCNCc1cccnc1Cl. The number of ether oxygens (including phenoxy) is 1. The molecule has 0 aliphatic heterocycles. The number of halogens is 1. The summed E-state index contributed by atoms with van der Waals surface area (Å²) in [4.78, 5) is 14.4. The molecule has 0 fully saturated rings. The average Bonchev–Trinajstić information content (AvgIpc) is 2.20. The molecule has 0 radical (unpaired) electrons. The van der Waals surface area contributed by atoms with Crippen molar-refractivity contribution in [2.24, 2.45) is 0 Å². The van der Waals surface area contributed by atoms with Gasteiger partial charge in [0.25, 0.3) is 0 Å². The molecule has 1 aromatic rings. The summed E-state index contributed by atoms with van der Waals surface area (Å²) in [5.41, 5.74) is 0.932. The van der Waals surface area contributed by atoms with Gasteiger partial charge in [-0.3, -0.25) is 4.79 Å². The number of carbonyl (C=O) groups is 1. The van der Waals surface area contributed by atoms with Gasteiger partial charge in [-0.05, 0) is 6.07 Å². The first-order valence-corrected chi connectivity index (χ1v) is 5.01. The smallest absolute Gasteiger partial charge is 0.302 e. The summed E-state index contributed by atoms with van der Waals surface area (Å²) in [6, 6.07) is 3.73. The van der Waals surface area contributed by atoms with Crippen molar-refractivity contribution < 1.29 is 9.53 Å². The summed E-state index contributed by atoms with van der Waals surface area (Å²) in [5.74, 6) is -0.267. The molecule has 0 aromatic carbocycles. The maximum atomic E-state index is 10.4. The van der Waals surface area contributed by atoms with Gasteiger partial charge in [0.15, 0.2) is 0 Å². The van der Waals surface area contributed by atoms with Gasteiger partial charge >= 0.3 is 5.97 Å². The molecule has 4 nitrogen and oxygen atoms in total. The zero-order valence-electron chi connectivity index (χ0n) is 8.50. The highest BCUT2D eigenvalue weighted by Crippen LogP contribution is 2.10. The summed E-state index contributed by atoms with van der Waals surface area (Å²) in [6.45, 7) is 2.98. The van der Waals surface area contributed by atoms with Gasteiger partial charge in [0.1, 0.15) is 11.8 Å². The first-order valence-electron chi connectivity index (χ1n) is 4.63. The lowest BCUT2D eigenvalue weighted by Crippen LogP contribution is -2.20. The van der Waals surface area contributed by atoms with Crippen molar-refractivity contribution in [1.82, 2.24) is 10.3 Å². The fraction of sp³-hybridized carbons (Fsp3) is 0.400. The molecule has 5 heteroatoms. The number of aromatic nitrogens is 1. The third kappa shape index (κ3) is 4.76. The first-order chi connectivity index (χ1) is 7.20. The van der Waals surface area contributed by atoms with Crippen LogP contribution in [0.5, 0.6) is 0 Å². The zero-order valence-corrected chi connectivity index (χ0v) is 9.25. The van der Waals surface area contributed by atoms with Crippen molar-refractivity contribution in [3.63, 3.8) is 0 Å². The van der Waals surface area contributed by atoms with E-state index in [1.807, 2.05) is 12.1 Å². The van der Waals surface area contributed by atoms with Crippen LogP contribution in [0.4, 0.5) is 0 Å². The summed E-state index contributed by atoms with van der Waals surface area (Å²) < 4.78 is 4.76. The minimum absolute atomic E-state index is 0.267. The molecular weight excluding hydrogens is 216 g/mol. The third-order valence-electron chi connectivity index (χ3n) is 1.74. The van der Waals surface area contributed by atoms with Gasteiger partial charge in [-0.2, -0.15) is 0 Å². The minimum Gasteiger partial charge on any atom is -0.465 e. The van der Waals surface area contributed by atoms with Crippen LogP contribution < -0.4 is 5.32 Å². The summed E-state index contributed by atoms with van der Waals surface area (Å²) in [7, 11) is 0. The lowest BCUT2D eigenvalue weighted by atomic mass is 10.3. The average molecular weight is 229 g/mol. The molecular formula is C10H13ClN2O2. The standard InChI is InChI=1S/C10H13ClN2O2/c1-8(14)15-6-5-12-7-9-3-2-4-13-10(9)11/h2-4,12H,5-7H2,1H3. The van der Waals surface area contributed by atoms with Crippen LogP contribution in [0.1, 0.15) is 12.5 Å². The van der Waals surface area contributed by atoms with Crippen molar-refractivity contribution >= 4 is 17.6 Å². The van der Waals surface area contributed by atoms with Crippen molar-refractivity contribution in [2.75, 3.05) is 13.2 Å². The van der Waals surface area contributed by atoms with E-state index in [1.54, 1.807) is 6.20 Å². The van der Waals surface area contributed by atoms with Gasteiger partial charge in [-0.15, -0.1) is 0 Å². The highest BCUT2D eigenvalue weighted by atomic mass is 35.5. The lowest BCUT2D eigenvalue weighted by molar-refractivity contribution is -0.140. The van der Waals surface area contributed by atoms with Gasteiger partial charge < -0.3 is 10.1 Å². The Hall–Kier alpha value is -1.13. The summed E-state index contributed by atoms with van der Waals surface area (Å²) in [6.07, 6.45) is 1.64. The van der Waals surface area contributed by atoms with E-state index in [0.717, 1.165) is 5.56 Å². The van der Waals surface area contributed by atoms with E-state index in [4.69, 9.17) is 16.3 Å². The fourth-order valence-electron chi connectivity index (χ4n) is 1.04. The number of pyridine rings is 1. The number of rotatable bonds is 5. The van der Waals surface area contributed by atoms with Crippen LogP contribution in [0.2, 0.25) is 5.15 Å². The van der Waals surface area contributed by atoms with Crippen LogP contribution >= 0.6 is 11.6 Å². The van der Waals surface area contributed by atoms with Crippen LogP contribution in [0.15, 0.2) is 18.3 Å². The number of nitrogens with zero attached hydrogens (tertiary/aromatic N) is 1. The predicted octanol–water partition coefficient (Wildman–Crippen LogP) is 1.39. The number of nitrogens with one attached hydrogen (secondary N) is 1. The first kappa shape index (κ1) is 11.9. The molecule has 0 atom stereocenters. The topological polar surface area (TPSA) is 51.2 Å². The molecule has 0 spiro atoms. The Morgan fingerprint density at radius 2 is 2.47 bits per heavy atom. The van der Waals surface area contributed by atoms with Crippen LogP contribution in [0, 0.1) is 0 Å². The molecule has 1 N–H and O–H groups in total. The lowest BCUT2D eigenvalue weighted by Gasteiger charge is -2.05. The second-order valence-corrected chi connectivity index (χ2v) is 3.33.